The van der Waals surface area contributed by atoms with Gasteiger partial charge in [0, 0.05) is 19.6 Å². The molecule has 1 aromatic heterocycles. The summed E-state index contributed by atoms with van der Waals surface area (Å²) in [6.45, 7) is 2.66. The molecule has 0 atom stereocenters. The standard InChI is InChI=1S/C13H20N4O2.C2H2F3NO/c18-17(19)12-9-14-16(10-11-5-6-11)13(12)15-7-3-1-2-4-8-15;3-2(4,5)1(6)7/h9,11H,1-8,10H2;(H2,6,7). The van der Waals surface area contributed by atoms with Crippen molar-refractivity contribution < 1.29 is 22.9 Å². The number of hydrogen-bond donors (Lipinski definition) is 1. The third kappa shape index (κ3) is 5.60. The van der Waals surface area contributed by atoms with E-state index in [1.54, 1.807) is 0 Å². The fourth-order valence-corrected chi connectivity index (χ4v) is 2.78. The number of nitro groups is 1. The number of carbonyl (C=O) groups excluding carboxylic acids is 1. The SMILES string of the molecule is NC(=O)C(F)(F)F.O=[N+]([O-])c1cnn(CC2CC2)c1N1CCCCCC1. The van der Waals surface area contributed by atoms with E-state index >= 15 is 0 Å². The Morgan fingerprint density at radius 2 is 1.81 bits per heavy atom. The summed E-state index contributed by atoms with van der Waals surface area (Å²) in [7, 11) is 0. The molecule has 0 radical (unpaired) electrons. The summed E-state index contributed by atoms with van der Waals surface area (Å²) in [5.74, 6) is -0.850. The molecule has 0 bridgehead atoms. The highest BCUT2D eigenvalue weighted by atomic mass is 19.4. The number of carbonyl (C=O) groups is 1. The van der Waals surface area contributed by atoms with Crippen molar-refractivity contribution in [3.8, 4) is 0 Å². The molecule has 11 heteroatoms. The first-order valence-corrected chi connectivity index (χ1v) is 8.52. The molecule has 1 aliphatic carbocycles. The number of amides is 1. The fraction of sp³-hybridized carbons (Fsp3) is 0.733. The zero-order valence-corrected chi connectivity index (χ0v) is 14.2. The quantitative estimate of drug-likeness (QED) is 0.641. The minimum atomic E-state index is -4.86. The van der Waals surface area contributed by atoms with Gasteiger partial charge in [-0.05, 0) is 31.6 Å². The van der Waals surface area contributed by atoms with Crippen LogP contribution in [0.15, 0.2) is 6.20 Å². The largest absolute Gasteiger partial charge is 0.470 e. The van der Waals surface area contributed by atoms with Crippen LogP contribution in [0.3, 0.4) is 0 Å². The van der Waals surface area contributed by atoms with E-state index in [1.165, 1.54) is 31.9 Å². The van der Waals surface area contributed by atoms with Crippen molar-refractivity contribution in [2.45, 2.75) is 51.2 Å². The van der Waals surface area contributed by atoms with Gasteiger partial charge in [0.2, 0.25) is 5.82 Å². The second kappa shape index (κ2) is 8.37. The minimum absolute atomic E-state index is 0.169. The van der Waals surface area contributed by atoms with Gasteiger partial charge in [-0.2, -0.15) is 18.3 Å². The van der Waals surface area contributed by atoms with Gasteiger partial charge in [0.05, 0.1) is 4.92 Å². The molecule has 1 aliphatic heterocycles. The van der Waals surface area contributed by atoms with Crippen molar-refractivity contribution >= 4 is 17.4 Å². The lowest BCUT2D eigenvalue weighted by atomic mass is 10.2. The zero-order valence-electron chi connectivity index (χ0n) is 14.2. The van der Waals surface area contributed by atoms with Crippen LogP contribution in [0.4, 0.5) is 24.7 Å². The molecule has 0 spiro atoms. The van der Waals surface area contributed by atoms with Crippen LogP contribution in [0.25, 0.3) is 0 Å². The van der Waals surface area contributed by atoms with E-state index in [9.17, 15) is 23.3 Å². The Morgan fingerprint density at radius 3 is 2.23 bits per heavy atom. The lowest BCUT2D eigenvalue weighted by Gasteiger charge is -2.22. The number of anilines is 1. The van der Waals surface area contributed by atoms with Crippen LogP contribution in [-0.2, 0) is 11.3 Å². The summed E-state index contributed by atoms with van der Waals surface area (Å²) < 4.78 is 34.0. The lowest BCUT2D eigenvalue weighted by molar-refractivity contribution is -0.384. The Morgan fingerprint density at radius 1 is 1.27 bits per heavy atom. The van der Waals surface area contributed by atoms with Crippen molar-refractivity contribution in [3.05, 3.63) is 16.3 Å². The number of primary amides is 1. The Labute approximate surface area is 148 Å². The van der Waals surface area contributed by atoms with E-state index in [2.05, 4.69) is 15.7 Å². The van der Waals surface area contributed by atoms with Crippen molar-refractivity contribution in [1.29, 1.82) is 0 Å². The van der Waals surface area contributed by atoms with Gasteiger partial charge < -0.3 is 10.6 Å². The van der Waals surface area contributed by atoms with E-state index in [-0.39, 0.29) is 10.6 Å². The summed E-state index contributed by atoms with van der Waals surface area (Å²) in [5, 5.41) is 15.4. The highest BCUT2D eigenvalue weighted by molar-refractivity contribution is 5.79. The molecule has 3 rings (SSSR count). The zero-order chi connectivity index (χ0) is 19.3. The molecule has 8 nitrogen and oxygen atoms in total. The Balaban J connectivity index is 0.000000298. The first-order chi connectivity index (χ1) is 12.2. The Bertz CT molecular complexity index is 635. The molecular weight excluding hydrogens is 355 g/mol. The van der Waals surface area contributed by atoms with Crippen molar-refractivity contribution in [2.75, 3.05) is 18.0 Å². The van der Waals surface area contributed by atoms with E-state index < -0.39 is 12.1 Å². The number of hydrogen-bond acceptors (Lipinski definition) is 5. The minimum Gasteiger partial charge on any atom is -0.362 e. The van der Waals surface area contributed by atoms with Gasteiger partial charge in [0.15, 0.2) is 0 Å². The number of rotatable bonds is 4. The molecule has 0 unspecified atom stereocenters. The second-order valence-electron chi connectivity index (χ2n) is 6.50. The van der Waals surface area contributed by atoms with Gasteiger partial charge in [-0.15, -0.1) is 0 Å². The van der Waals surface area contributed by atoms with Crippen LogP contribution in [0, 0.1) is 16.0 Å². The number of halogens is 3. The number of aromatic nitrogens is 2. The van der Waals surface area contributed by atoms with Gasteiger partial charge in [0.1, 0.15) is 6.20 Å². The van der Waals surface area contributed by atoms with Crippen LogP contribution in [0.1, 0.15) is 38.5 Å². The number of nitrogens with two attached hydrogens (primary N) is 1. The third-order valence-corrected chi connectivity index (χ3v) is 4.30. The fourth-order valence-electron chi connectivity index (χ4n) is 2.78. The van der Waals surface area contributed by atoms with Crippen LogP contribution in [-0.4, -0.2) is 39.9 Å². The first-order valence-electron chi connectivity index (χ1n) is 8.52. The predicted octanol–water partition coefficient (Wildman–Crippen LogP) is 2.62. The first kappa shape index (κ1) is 20.0. The van der Waals surface area contributed by atoms with Crippen LogP contribution in [0.2, 0.25) is 0 Å². The maximum absolute atomic E-state index is 11.2. The van der Waals surface area contributed by atoms with Crippen molar-refractivity contribution in [2.24, 2.45) is 11.7 Å². The molecule has 146 valence electrons. The van der Waals surface area contributed by atoms with Crippen LogP contribution >= 0.6 is 0 Å². The smallest absolute Gasteiger partial charge is 0.362 e. The maximum Gasteiger partial charge on any atom is 0.470 e. The predicted molar refractivity (Wildman–Crippen MR) is 87.5 cm³/mol. The molecule has 1 amide bonds. The molecule has 1 saturated heterocycles. The molecule has 2 aliphatic rings. The highest BCUT2D eigenvalue weighted by Gasteiger charge is 2.35. The second-order valence-corrected chi connectivity index (χ2v) is 6.50. The van der Waals surface area contributed by atoms with Gasteiger partial charge in [-0.3, -0.25) is 14.9 Å². The molecule has 2 heterocycles. The van der Waals surface area contributed by atoms with Crippen molar-refractivity contribution in [1.82, 2.24) is 9.78 Å². The lowest BCUT2D eigenvalue weighted by Crippen LogP contribution is -2.30. The van der Waals surface area contributed by atoms with E-state index in [0.29, 0.717) is 5.92 Å². The molecule has 26 heavy (non-hydrogen) atoms. The summed E-state index contributed by atoms with van der Waals surface area (Å²) in [5.41, 5.74) is 3.97. The molecular formula is C15H22F3N5O3. The summed E-state index contributed by atoms with van der Waals surface area (Å²) in [6.07, 6.45) is 3.70. The van der Waals surface area contributed by atoms with Gasteiger partial charge in [-0.25, -0.2) is 4.68 Å². The average Bonchev–Trinajstić information content (AvgIpc) is 3.31. The van der Waals surface area contributed by atoms with Gasteiger partial charge in [-0.1, -0.05) is 12.8 Å². The summed E-state index contributed by atoms with van der Waals surface area (Å²) >= 11 is 0. The molecule has 2 fully saturated rings. The van der Waals surface area contributed by atoms with Gasteiger partial charge >= 0.3 is 17.8 Å². The number of alkyl halides is 3. The average molecular weight is 377 g/mol. The molecule has 1 aromatic rings. The summed E-state index contributed by atoms with van der Waals surface area (Å²) in [6, 6.07) is 0. The van der Waals surface area contributed by atoms with E-state index in [1.807, 2.05) is 4.68 Å². The Hall–Kier alpha value is -2.33. The topological polar surface area (TPSA) is 107 Å². The normalized spacial score (nSPS) is 17.9. The third-order valence-electron chi connectivity index (χ3n) is 4.30. The van der Waals surface area contributed by atoms with E-state index in [0.717, 1.165) is 38.3 Å². The summed E-state index contributed by atoms with van der Waals surface area (Å²) in [4.78, 5) is 22.2. The molecule has 1 saturated carbocycles. The van der Waals surface area contributed by atoms with Crippen LogP contribution in [0.5, 0.6) is 0 Å². The Kier molecular flexibility index (Phi) is 6.43. The van der Waals surface area contributed by atoms with Gasteiger partial charge in [0.25, 0.3) is 0 Å². The van der Waals surface area contributed by atoms with E-state index in [4.69, 9.17) is 4.79 Å². The number of nitrogens with zero attached hydrogens (tertiary/aromatic N) is 4. The highest BCUT2D eigenvalue weighted by Crippen LogP contribution is 2.35. The molecule has 0 aromatic carbocycles. The monoisotopic (exact) mass is 377 g/mol. The maximum atomic E-state index is 11.2. The van der Waals surface area contributed by atoms with Crippen LogP contribution < -0.4 is 10.6 Å². The molecule has 2 N–H and O–H groups in total. The van der Waals surface area contributed by atoms with Crippen molar-refractivity contribution in [3.63, 3.8) is 0 Å².